The van der Waals surface area contributed by atoms with Crippen molar-refractivity contribution in [3.05, 3.63) is 33.3 Å². The van der Waals surface area contributed by atoms with Gasteiger partial charge in [0.05, 0.1) is 27.2 Å². The molecule has 0 N–H and O–H groups in total. The third kappa shape index (κ3) is 2.00. The number of nitrogens with zero attached hydrogens (tertiary/aromatic N) is 1. The molecule has 0 heterocycles. The van der Waals surface area contributed by atoms with Crippen LogP contribution in [0.5, 0.6) is 0 Å². The Labute approximate surface area is 85.7 Å². The van der Waals surface area contributed by atoms with Crippen molar-refractivity contribution >= 4 is 29.0 Å². The first-order valence-corrected chi connectivity index (χ1v) is 4.22. The van der Waals surface area contributed by atoms with Gasteiger partial charge in [-0.3, -0.25) is 4.79 Å². The lowest BCUT2D eigenvalue weighted by molar-refractivity contribution is 0.101. The number of hydrogen-bond donors (Lipinski definition) is 0. The highest BCUT2D eigenvalue weighted by atomic mass is 35.5. The van der Waals surface area contributed by atoms with Crippen LogP contribution >= 0.6 is 23.2 Å². The molecule has 1 aromatic rings. The van der Waals surface area contributed by atoms with Crippen LogP contribution in [0.1, 0.15) is 22.8 Å². The van der Waals surface area contributed by atoms with Crippen molar-refractivity contribution in [1.29, 1.82) is 5.26 Å². The Morgan fingerprint density at radius 2 is 1.85 bits per heavy atom. The maximum absolute atomic E-state index is 11.0. The smallest absolute Gasteiger partial charge is 0.162 e. The summed E-state index contributed by atoms with van der Waals surface area (Å²) in [5.74, 6) is -0.209. The first kappa shape index (κ1) is 10.0. The zero-order valence-electron chi connectivity index (χ0n) is 6.77. The second-order valence-corrected chi connectivity index (χ2v) is 3.30. The number of hydrogen-bond acceptors (Lipinski definition) is 2. The van der Waals surface area contributed by atoms with Crippen LogP contribution in [0.2, 0.25) is 10.0 Å². The molecule has 0 aliphatic carbocycles. The maximum Gasteiger partial charge on any atom is 0.162 e. The Morgan fingerprint density at radius 1 is 1.38 bits per heavy atom. The number of carbonyl (C=O) groups excluding carboxylic acids is 1. The molecule has 66 valence electrons. The van der Waals surface area contributed by atoms with Gasteiger partial charge in [0.15, 0.2) is 5.78 Å². The van der Waals surface area contributed by atoms with E-state index in [9.17, 15) is 4.79 Å². The van der Waals surface area contributed by atoms with Crippen molar-refractivity contribution in [2.45, 2.75) is 6.92 Å². The molecular weight excluding hydrogens is 209 g/mol. The maximum atomic E-state index is 11.0. The standard InChI is InChI=1S/C9H5Cl2NO/c1-5(13)9-7(10)2-6(4-12)3-8(9)11/h2-3H,1H3. The molecule has 0 amide bonds. The van der Waals surface area contributed by atoms with Gasteiger partial charge in [-0.15, -0.1) is 0 Å². The van der Waals surface area contributed by atoms with Crippen LogP contribution in [-0.2, 0) is 0 Å². The average Bonchev–Trinajstić information content (AvgIpc) is 2.02. The highest BCUT2D eigenvalue weighted by molar-refractivity contribution is 6.39. The van der Waals surface area contributed by atoms with Crippen molar-refractivity contribution in [1.82, 2.24) is 0 Å². The number of rotatable bonds is 1. The fraction of sp³-hybridized carbons (Fsp3) is 0.111. The van der Waals surface area contributed by atoms with E-state index in [1.54, 1.807) is 0 Å². The molecule has 0 aliphatic heterocycles. The molecule has 0 fully saturated rings. The SMILES string of the molecule is CC(=O)c1c(Cl)cc(C#N)cc1Cl. The van der Waals surface area contributed by atoms with Gasteiger partial charge in [-0.1, -0.05) is 23.2 Å². The monoisotopic (exact) mass is 213 g/mol. The van der Waals surface area contributed by atoms with Crippen LogP contribution in [0.4, 0.5) is 0 Å². The molecule has 1 aromatic carbocycles. The zero-order valence-corrected chi connectivity index (χ0v) is 8.28. The van der Waals surface area contributed by atoms with E-state index in [-0.39, 0.29) is 21.4 Å². The zero-order chi connectivity index (χ0) is 10.0. The van der Waals surface area contributed by atoms with Crippen LogP contribution in [0.15, 0.2) is 12.1 Å². The largest absolute Gasteiger partial charge is 0.294 e. The van der Waals surface area contributed by atoms with E-state index >= 15 is 0 Å². The average molecular weight is 214 g/mol. The second-order valence-electron chi connectivity index (χ2n) is 2.48. The number of carbonyl (C=O) groups is 1. The molecule has 0 atom stereocenters. The summed E-state index contributed by atoms with van der Waals surface area (Å²) in [6.45, 7) is 1.37. The van der Waals surface area contributed by atoms with Crippen LogP contribution < -0.4 is 0 Å². The Balaban J connectivity index is 3.42. The van der Waals surface area contributed by atoms with Gasteiger partial charge in [-0.05, 0) is 19.1 Å². The Kier molecular flexibility index (Phi) is 2.92. The summed E-state index contributed by atoms with van der Waals surface area (Å²) in [5, 5.41) is 9.00. The number of benzene rings is 1. The Hall–Kier alpha value is -1.04. The minimum Gasteiger partial charge on any atom is -0.294 e. The molecule has 0 radical (unpaired) electrons. The van der Waals surface area contributed by atoms with Gasteiger partial charge in [0.25, 0.3) is 0 Å². The van der Waals surface area contributed by atoms with Crippen molar-refractivity contribution in [2.24, 2.45) is 0 Å². The van der Waals surface area contributed by atoms with Gasteiger partial charge in [0.2, 0.25) is 0 Å². The topological polar surface area (TPSA) is 40.9 Å². The molecule has 1 rings (SSSR count). The summed E-state index contributed by atoms with van der Waals surface area (Å²) < 4.78 is 0. The minimum absolute atomic E-state index is 0.209. The molecule has 0 aliphatic rings. The summed E-state index contributed by atoms with van der Waals surface area (Å²) in [7, 11) is 0. The summed E-state index contributed by atoms with van der Waals surface area (Å²) in [5.41, 5.74) is 0.613. The first-order chi connectivity index (χ1) is 6.06. The lowest BCUT2D eigenvalue weighted by Gasteiger charge is -2.02. The highest BCUT2D eigenvalue weighted by Crippen LogP contribution is 2.26. The molecule has 13 heavy (non-hydrogen) atoms. The van der Waals surface area contributed by atoms with Crippen molar-refractivity contribution in [3.8, 4) is 6.07 Å². The van der Waals surface area contributed by atoms with Crippen molar-refractivity contribution in [3.63, 3.8) is 0 Å². The fourth-order valence-corrected chi connectivity index (χ4v) is 1.73. The van der Waals surface area contributed by atoms with Crippen LogP contribution in [0.25, 0.3) is 0 Å². The van der Waals surface area contributed by atoms with E-state index in [0.29, 0.717) is 5.56 Å². The first-order valence-electron chi connectivity index (χ1n) is 3.46. The van der Waals surface area contributed by atoms with E-state index in [4.69, 9.17) is 28.5 Å². The summed E-state index contributed by atoms with van der Waals surface area (Å²) in [4.78, 5) is 11.0. The lowest BCUT2D eigenvalue weighted by Crippen LogP contribution is -1.95. The molecule has 0 saturated carbocycles. The molecule has 0 saturated heterocycles. The summed E-state index contributed by atoms with van der Waals surface area (Å²) in [6.07, 6.45) is 0. The number of nitriles is 1. The third-order valence-electron chi connectivity index (χ3n) is 1.52. The Bertz CT molecular complexity index is 384. The normalized spacial score (nSPS) is 9.38. The molecule has 0 aromatic heterocycles. The second kappa shape index (κ2) is 3.78. The quantitative estimate of drug-likeness (QED) is 0.674. The lowest BCUT2D eigenvalue weighted by atomic mass is 10.1. The van der Waals surface area contributed by atoms with Crippen LogP contribution in [0.3, 0.4) is 0 Å². The third-order valence-corrected chi connectivity index (χ3v) is 2.12. The molecule has 0 bridgehead atoms. The van der Waals surface area contributed by atoms with Crippen molar-refractivity contribution in [2.75, 3.05) is 0 Å². The van der Waals surface area contributed by atoms with Crippen LogP contribution in [0, 0.1) is 11.3 Å². The van der Waals surface area contributed by atoms with Gasteiger partial charge < -0.3 is 0 Å². The highest BCUT2D eigenvalue weighted by Gasteiger charge is 2.11. The number of ketones is 1. The van der Waals surface area contributed by atoms with Gasteiger partial charge in [0, 0.05) is 0 Å². The summed E-state index contributed by atoms with van der Waals surface area (Å²) in [6, 6.07) is 4.74. The molecular formula is C9H5Cl2NO. The molecule has 0 spiro atoms. The Morgan fingerprint density at radius 3 is 2.15 bits per heavy atom. The van der Waals surface area contributed by atoms with Gasteiger partial charge in [-0.2, -0.15) is 5.26 Å². The van der Waals surface area contributed by atoms with Gasteiger partial charge in [-0.25, -0.2) is 0 Å². The number of Topliss-reactive ketones (excluding diaryl/α,β-unsaturated/α-hetero) is 1. The molecule has 0 unspecified atom stereocenters. The van der Waals surface area contributed by atoms with Gasteiger partial charge in [0.1, 0.15) is 0 Å². The number of halogens is 2. The van der Waals surface area contributed by atoms with E-state index < -0.39 is 0 Å². The van der Waals surface area contributed by atoms with E-state index in [1.165, 1.54) is 19.1 Å². The predicted molar refractivity (Wildman–Crippen MR) is 51.2 cm³/mol. The predicted octanol–water partition coefficient (Wildman–Crippen LogP) is 3.07. The van der Waals surface area contributed by atoms with Crippen LogP contribution in [-0.4, -0.2) is 5.78 Å². The summed E-state index contributed by atoms with van der Waals surface area (Å²) >= 11 is 11.5. The minimum atomic E-state index is -0.209. The van der Waals surface area contributed by atoms with E-state index in [1.807, 2.05) is 6.07 Å². The molecule has 2 nitrogen and oxygen atoms in total. The fourth-order valence-electron chi connectivity index (χ4n) is 0.974. The van der Waals surface area contributed by atoms with Crippen molar-refractivity contribution < 1.29 is 4.79 Å². The van der Waals surface area contributed by atoms with E-state index in [0.717, 1.165) is 0 Å². The molecule has 4 heteroatoms. The van der Waals surface area contributed by atoms with Gasteiger partial charge >= 0.3 is 0 Å². The van der Waals surface area contributed by atoms with E-state index in [2.05, 4.69) is 0 Å².